The molecule has 3 rings (SSSR count). The maximum atomic E-state index is 12.9. The number of rotatable bonds is 3. The van der Waals surface area contributed by atoms with Crippen LogP contribution in [0.5, 0.6) is 0 Å². The Balaban J connectivity index is 1.59. The molecular weight excluding hydrogens is 421 g/mol. The van der Waals surface area contributed by atoms with Crippen molar-refractivity contribution in [1.29, 1.82) is 0 Å². The summed E-state index contributed by atoms with van der Waals surface area (Å²) in [5.74, 6) is -0.0985. The second-order valence-electron chi connectivity index (χ2n) is 6.25. The van der Waals surface area contributed by atoms with Gasteiger partial charge in [0.05, 0.1) is 5.56 Å². The topological polar surface area (TPSA) is 23.6 Å². The molecular formula is C20H18BrF3N2O. The number of carbonyl (C=O) groups is 1. The number of alkyl halides is 3. The van der Waals surface area contributed by atoms with Gasteiger partial charge < -0.3 is 9.80 Å². The molecule has 0 spiro atoms. The first-order valence-electron chi connectivity index (χ1n) is 8.48. The average molecular weight is 439 g/mol. The Morgan fingerprint density at radius 1 is 1.00 bits per heavy atom. The van der Waals surface area contributed by atoms with Gasteiger partial charge in [0.15, 0.2) is 0 Å². The van der Waals surface area contributed by atoms with Gasteiger partial charge in [-0.2, -0.15) is 13.2 Å². The van der Waals surface area contributed by atoms with E-state index < -0.39 is 11.7 Å². The lowest BCUT2D eigenvalue weighted by Crippen LogP contribution is -2.48. The van der Waals surface area contributed by atoms with Gasteiger partial charge in [0.1, 0.15) is 0 Å². The summed E-state index contributed by atoms with van der Waals surface area (Å²) in [6, 6.07) is 12.9. The van der Waals surface area contributed by atoms with Gasteiger partial charge in [-0.1, -0.05) is 34.1 Å². The molecule has 1 fully saturated rings. The first-order valence-corrected chi connectivity index (χ1v) is 9.27. The van der Waals surface area contributed by atoms with Gasteiger partial charge >= 0.3 is 6.18 Å². The summed E-state index contributed by atoms with van der Waals surface area (Å²) in [6.45, 7) is 1.94. The number of benzene rings is 2. The standard InChI is InChI=1S/C20H18BrF3N2O/c21-17-5-1-3-15(13-17)7-8-19(27)26-11-9-25(10-12-26)18-6-2-4-16(14-18)20(22,23)24/h1-8,13-14H,9-12H2/b8-7+. The van der Waals surface area contributed by atoms with Gasteiger partial charge in [-0.15, -0.1) is 0 Å². The fourth-order valence-corrected chi connectivity index (χ4v) is 3.36. The second-order valence-corrected chi connectivity index (χ2v) is 7.16. The van der Waals surface area contributed by atoms with Crippen molar-refractivity contribution >= 4 is 33.6 Å². The first kappa shape index (κ1) is 19.5. The molecule has 2 aromatic carbocycles. The molecule has 0 N–H and O–H groups in total. The van der Waals surface area contributed by atoms with Crippen LogP contribution in [0.15, 0.2) is 59.1 Å². The first-order chi connectivity index (χ1) is 12.8. The second kappa shape index (κ2) is 8.17. The number of piperazine rings is 1. The summed E-state index contributed by atoms with van der Waals surface area (Å²) in [6.07, 6.45) is -1.07. The number of carbonyl (C=O) groups excluding carboxylic acids is 1. The van der Waals surface area contributed by atoms with E-state index in [-0.39, 0.29) is 5.91 Å². The zero-order valence-corrected chi connectivity index (χ0v) is 16.0. The number of amides is 1. The van der Waals surface area contributed by atoms with Gasteiger partial charge in [0.2, 0.25) is 5.91 Å². The van der Waals surface area contributed by atoms with Crippen molar-refractivity contribution in [3.05, 3.63) is 70.2 Å². The van der Waals surface area contributed by atoms with E-state index in [1.165, 1.54) is 12.1 Å². The van der Waals surface area contributed by atoms with E-state index in [1.54, 1.807) is 17.0 Å². The van der Waals surface area contributed by atoms with E-state index in [4.69, 9.17) is 0 Å². The third-order valence-corrected chi connectivity index (χ3v) is 4.89. The van der Waals surface area contributed by atoms with Crippen LogP contribution in [0.4, 0.5) is 18.9 Å². The molecule has 7 heteroatoms. The van der Waals surface area contributed by atoms with Crippen LogP contribution in [0, 0.1) is 0 Å². The largest absolute Gasteiger partial charge is 0.416 e. The van der Waals surface area contributed by atoms with E-state index in [1.807, 2.05) is 29.2 Å². The zero-order chi connectivity index (χ0) is 19.4. The van der Waals surface area contributed by atoms with Gasteiger partial charge in [-0.25, -0.2) is 0 Å². The van der Waals surface area contributed by atoms with Crippen molar-refractivity contribution < 1.29 is 18.0 Å². The summed E-state index contributed by atoms with van der Waals surface area (Å²) < 4.78 is 39.5. The highest BCUT2D eigenvalue weighted by atomic mass is 79.9. The molecule has 1 amide bonds. The minimum absolute atomic E-state index is 0.0985. The van der Waals surface area contributed by atoms with Crippen LogP contribution >= 0.6 is 15.9 Å². The Labute approximate surface area is 164 Å². The van der Waals surface area contributed by atoms with Crippen LogP contribution in [-0.2, 0) is 11.0 Å². The minimum Gasteiger partial charge on any atom is -0.368 e. The maximum Gasteiger partial charge on any atom is 0.416 e. The van der Waals surface area contributed by atoms with Crippen molar-refractivity contribution in [2.24, 2.45) is 0 Å². The van der Waals surface area contributed by atoms with Crippen LogP contribution in [0.3, 0.4) is 0 Å². The number of hydrogen-bond acceptors (Lipinski definition) is 2. The van der Waals surface area contributed by atoms with Gasteiger partial charge in [0, 0.05) is 42.4 Å². The third kappa shape index (κ3) is 5.13. The lowest BCUT2D eigenvalue weighted by atomic mass is 10.1. The normalized spacial score (nSPS) is 15.4. The van der Waals surface area contributed by atoms with Crippen LogP contribution in [0.2, 0.25) is 0 Å². The molecule has 1 heterocycles. The smallest absolute Gasteiger partial charge is 0.368 e. The molecule has 1 saturated heterocycles. The molecule has 0 radical (unpaired) electrons. The number of nitrogens with zero attached hydrogens (tertiary/aromatic N) is 2. The number of halogens is 4. The zero-order valence-electron chi connectivity index (χ0n) is 14.4. The molecule has 1 aliphatic heterocycles. The van der Waals surface area contributed by atoms with Crippen LogP contribution in [0.25, 0.3) is 6.08 Å². The molecule has 3 nitrogen and oxygen atoms in total. The highest BCUT2D eigenvalue weighted by Crippen LogP contribution is 2.31. The fraction of sp³-hybridized carbons (Fsp3) is 0.250. The SMILES string of the molecule is O=C(/C=C/c1cccc(Br)c1)N1CCN(c2cccc(C(F)(F)F)c2)CC1. The molecule has 1 aliphatic rings. The van der Waals surface area contributed by atoms with E-state index in [0.717, 1.165) is 22.2 Å². The monoisotopic (exact) mass is 438 g/mol. The van der Waals surface area contributed by atoms with Crippen LogP contribution in [-0.4, -0.2) is 37.0 Å². The van der Waals surface area contributed by atoms with E-state index in [0.29, 0.717) is 31.9 Å². The minimum atomic E-state index is -4.36. The van der Waals surface area contributed by atoms with Crippen molar-refractivity contribution in [2.45, 2.75) is 6.18 Å². The van der Waals surface area contributed by atoms with Crippen molar-refractivity contribution in [3.8, 4) is 0 Å². The van der Waals surface area contributed by atoms with Gasteiger partial charge in [-0.05, 0) is 42.0 Å². The fourth-order valence-electron chi connectivity index (χ4n) is 2.95. The highest BCUT2D eigenvalue weighted by molar-refractivity contribution is 9.10. The predicted octanol–water partition coefficient (Wildman–Crippen LogP) is 4.83. The van der Waals surface area contributed by atoms with E-state index in [2.05, 4.69) is 15.9 Å². The summed E-state index contributed by atoms with van der Waals surface area (Å²) in [5, 5.41) is 0. The van der Waals surface area contributed by atoms with E-state index in [9.17, 15) is 18.0 Å². The van der Waals surface area contributed by atoms with Crippen LogP contribution in [0.1, 0.15) is 11.1 Å². The maximum absolute atomic E-state index is 12.9. The molecule has 27 heavy (non-hydrogen) atoms. The molecule has 0 saturated carbocycles. The molecule has 0 bridgehead atoms. The van der Waals surface area contributed by atoms with Crippen molar-refractivity contribution in [2.75, 3.05) is 31.1 Å². The molecule has 0 aliphatic carbocycles. The summed E-state index contributed by atoms with van der Waals surface area (Å²) >= 11 is 3.39. The Bertz CT molecular complexity index is 843. The molecule has 0 unspecified atom stereocenters. The Hall–Kier alpha value is -2.28. The molecule has 0 aromatic heterocycles. The third-order valence-electron chi connectivity index (χ3n) is 4.40. The van der Waals surface area contributed by atoms with Crippen LogP contribution < -0.4 is 4.90 Å². The molecule has 142 valence electrons. The van der Waals surface area contributed by atoms with Crippen molar-refractivity contribution in [1.82, 2.24) is 4.90 Å². The lowest BCUT2D eigenvalue weighted by Gasteiger charge is -2.35. The Kier molecular flexibility index (Phi) is 5.89. The van der Waals surface area contributed by atoms with Gasteiger partial charge in [-0.3, -0.25) is 4.79 Å². The summed E-state index contributed by atoms with van der Waals surface area (Å²) in [7, 11) is 0. The lowest BCUT2D eigenvalue weighted by molar-refractivity contribution is -0.137. The average Bonchev–Trinajstić information content (AvgIpc) is 2.66. The number of hydrogen-bond donors (Lipinski definition) is 0. The van der Waals surface area contributed by atoms with E-state index >= 15 is 0 Å². The summed E-state index contributed by atoms with van der Waals surface area (Å²) in [4.78, 5) is 15.9. The molecule has 2 aromatic rings. The quantitative estimate of drug-likeness (QED) is 0.640. The number of anilines is 1. The van der Waals surface area contributed by atoms with Gasteiger partial charge in [0.25, 0.3) is 0 Å². The predicted molar refractivity (Wildman–Crippen MR) is 103 cm³/mol. The molecule has 0 atom stereocenters. The summed E-state index contributed by atoms with van der Waals surface area (Å²) in [5.41, 5.74) is 0.789. The van der Waals surface area contributed by atoms with Crippen molar-refractivity contribution in [3.63, 3.8) is 0 Å². The highest BCUT2D eigenvalue weighted by Gasteiger charge is 2.31. The Morgan fingerprint density at radius 3 is 2.37 bits per heavy atom. The Morgan fingerprint density at radius 2 is 1.70 bits per heavy atom.